The molecule has 1 heterocycles. The average molecular weight is 397 g/mol. The van der Waals surface area contributed by atoms with Crippen LogP contribution in [-0.2, 0) is 0 Å². The second-order valence-corrected chi connectivity index (χ2v) is 7.37. The molecule has 0 radical (unpaired) electrons. The zero-order valence-corrected chi connectivity index (χ0v) is 17.2. The van der Waals surface area contributed by atoms with Crippen molar-refractivity contribution in [1.82, 2.24) is 14.5 Å². The first kappa shape index (κ1) is 19.6. The molecule has 0 saturated heterocycles. The molecule has 0 aliphatic heterocycles. The summed E-state index contributed by atoms with van der Waals surface area (Å²) >= 11 is 0. The summed E-state index contributed by atoms with van der Waals surface area (Å²) in [5, 5.41) is 0.569. The molecule has 0 aliphatic rings. The number of fused-ring (bicyclic) bond motifs is 1. The number of hydrogen-bond acceptors (Lipinski definition) is 3. The molecular weight excluding hydrogens is 374 g/mol. The van der Waals surface area contributed by atoms with Crippen LogP contribution in [0.2, 0.25) is 0 Å². The number of rotatable bonds is 4. The highest BCUT2D eigenvalue weighted by molar-refractivity contribution is 5.94. The molecule has 150 valence electrons. The number of carbonyl (C=O) groups excluding carboxylic acids is 1. The molecule has 1 aromatic heterocycles. The van der Waals surface area contributed by atoms with E-state index in [0.717, 1.165) is 5.56 Å². The van der Waals surface area contributed by atoms with Crippen LogP contribution < -0.4 is 5.56 Å². The van der Waals surface area contributed by atoms with Gasteiger partial charge in [0.25, 0.3) is 11.5 Å². The highest BCUT2D eigenvalue weighted by Crippen LogP contribution is 2.21. The molecule has 4 aromatic rings. The van der Waals surface area contributed by atoms with E-state index in [0.29, 0.717) is 28.0 Å². The Morgan fingerprint density at radius 2 is 1.57 bits per heavy atom. The Labute approximate surface area is 175 Å². The van der Waals surface area contributed by atoms with Gasteiger partial charge in [-0.2, -0.15) is 0 Å². The van der Waals surface area contributed by atoms with E-state index in [2.05, 4.69) is 4.98 Å². The van der Waals surface area contributed by atoms with Crippen molar-refractivity contribution < 1.29 is 4.79 Å². The van der Waals surface area contributed by atoms with Crippen molar-refractivity contribution in [2.24, 2.45) is 0 Å². The molecule has 0 spiro atoms. The first-order valence-electron chi connectivity index (χ1n) is 9.88. The van der Waals surface area contributed by atoms with Crippen molar-refractivity contribution in [3.05, 3.63) is 106 Å². The molecule has 0 aliphatic carbocycles. The van der Waals surface area contributed by atoms with Gasteiger partial charge in [0.15, 0.2) is 0 Å². The van der Waals surface area contributed by atoms with E-state index in [1.54, 1.807) is 46.8 Å². The second kappa shape index (κ2) is 7.95. The van der Waals surface area contributed by atoms with Crippen molar-refractivity contribution in [2.75, 3.05) is 7.05 Å². The van der Waals surface area contributed by atoms with Gasteiger partial charge in [-0.1, -0.05) is 42.5 Å². The maximum absolute atomic E-state index is 13.0. The molecule has 0 N–H and O–H groups in total. The van der Waals surface area contributed by atoms with Crippen LogP contribution in [0.15, 0.2) is 83.7 Å². The quantitative estimate of drug-likeness (QED) is 0.508. The van der Waals surface area contributed by atoms with Crippen LogP contribution in [0.25, 0.3) is 16.6 Å². The summed E-state index contributed by atoms with van der Waals surface area (Å²) in [5.41, 5.74) is 2.90. The van der Waals surface area contributed by atoms with Gasteiger partial charge in [-0.15, -0.1) is 0 Å². The SMILES string of the molecule is Cc1nc2ccccc2c(=O)n1-c1ccc(C(=O)N(C)[C@H](C)c2ccccc2)cc1. The van der Waals surface area contributed by atoms with Gasteiger partial charge in [-0.25, -0.2) is 4.98 Å². The molecule has 3 aromatic carbocycles. The Bertz CT molecular complexity index is 1260. The molecule has 1 atom stereocenters. The number of amides is 1. The minimum absolute atomic E-state index is 0.0482. The van der Waals surface area contributed by atoms with Crippen LogP contribution in [0.5, 0.6) is 0 Å². The molecule has 4 rings (SSSR count). The predicted octanol–water partition coefficient (Wildman–Crippen LogP) is 4.53. The number of carbonyl (C=O) groups is 1. The van der Waals surface area contributed by atoms with Crippen molar-refractivity contribution in [3.63, 3.8) is 0 Å². The van der Waals surface area contributed by atoms with Crippen LogP contribution in [0.3, 0.4) is 0 Å². The Morgan fingerprint density at radius 1 is 0.933 bits per heavy atom. The van der Waals surface area contributed by atoms with E-state index < -0.39 is 0 Å². The third kappa shape index (κ3) is 3.50. The van der Waals surface area contributed by atoms with Gasteiger partial charge in [-0.3, -0.25) is 14.2 Å². The van der Waals surface area contributed by atoms with Crippen LogP contribution in [0, 0.1) is 6.92 Å². The molecule has 5 nitrogen and oxygen atoms in total. The second-order valence-electron chi connectivity index (χ2n) is 7.37. The molecule has 0 fully saturated rings. The Balaban J connectivity index is 1.64. The Kier molecular flexibility index (Phi) is 5.19. The van der Waals surface area contributed by atoms with E-state index in [1.807, 2.05) is 62.4 Å². The smallest absolute Gasteiger partial charge is 0.265 e. The molecule has 30 heavy (non-hydrogen) atoms. The molecule has 1 amide bonds. The summed E-state index contributed by atoms with van der Waals surface area (Å²) in [6.45, 7) is 3.81. The molecule has 0 saturated carbocycles. The fourth-order valence-corrected chi connectivity index (χ4v) is 3.64. The molecular formula is C25H23N3O2. The normalized spacial score (nSPS) is 12.0. The van der Waals surface area contributed by atoms with Crippen LogP contribution in [0.4, 0.5) is 0 Å². The third-order valence-electron chi connectivity index (χ3n) is 5.50. The van der Waals surface area contributed by atoms with Crippen molar-refractivity contribution in [2.45, 2.75) is 19.9 Å². The topological polar surface area (TPSA) is 55.2 Å². The zero-order chi connectivity index (χ0) is 21.3. The van der Waals surface area contributed by atoms with Gasteiger partial charge >= 0.3 is 0 Å². The monoisotopic (exact) mass is 397 g/mol. The third-order valence-corrected chi connectivity index (χ3v) is 5.50. The van der Waals surface area contributed by atoms with Crippen LogP contribution >= 0.6 is 0 Å². The van der Waals surface area contributed by atoms with E-state index in [-0.39, 0.29) is 17.5 Å². The van der Waals surface area contributed by atoms with E-state index in [1.165, 1.54) is 0 Å². The summed E-state index contributed by atoms with van der Waals surface area (Å²) < 4.78 is 1.58. The van der Waals surface area contributed by atoms with Gasteiger partial charge in [-0.05, 0) is 55.8 Å². The van der Waals surface area contributed by atoms with E-state index in [4.69, 9.17) is 0 Å². The highest BCUT2D eigenvalue weighted by atomic mass is 16.2. The number of aryl methyl sites for hydroxylation is 1. The lowest BCUT2D eigenvalue weighted by Crippen LogP contribution is -2.29. The minimum atomic E-state index is -0.119. The van der Waals surface area contributed by atoms with Gasteiger partial charge in [0.05, 0.1) is 22.6 Å². The minimum Gasteiger partial charge on any atom is -0.335 e. The van der Waals surface area contributed by atoms with Crippen molar-refractivity contribution in [1.29, 1.82) is 0 Å². The fraction of sp³-hybridized carbons (Fsp3) is 0.160. The zero-order valence-electron chi connectivity index (χ0n) is 17.2. The average Bonchev–Trinajstić information content (AvgIpc) is 2.78. The molecule has 0 unspecified atom stereocenters. The number of benzene rings is 3. The number of nitrogens with zero attached hydrogens (tertiary/aromatic N) is 3. The Hall–Kier alpha value is -3.73. The van der Waals surface area contributed by atoms with E-state index >= 15 is 0 Å². The van der Waals surface area contributed by atoms with Crippen molar-refractivity contribution >= 4 is 16.8 Å². The number of hydrogen-bond donors (Lipinski definition) is 0. The van der Waals surface area contributed by atoms with Crippen LogP contribution in [-0.4, -0.2) is 27.4 Å². The lowest BCUT2D eigenvalue weighted by molar-refractivity contribution is 0.0742. The fourth-order valence-electron chi connectivity index (χ4n) is 3.64. The largest absolute Gasteiger partial charge is 0.335 e. The van der Waals surface area contributed by atoms with Crippen LogP contribution in [0.1, 0.15) is 34.7 Å². The summed E-state index contributed by atoms with van der Waals surface area (Å²) in [4.78, 5) is 32.2. The number of para-hydroxylation sites is 1. The lowest BCUT2D eigenvalue weighted by atomic mass is 10.1. The standard InChI is InChI=1S/C25H23N3O2/c1-17(19-9-5-4-6-10-19)27(3)24(29)20-13-15-21(16-14-20)28-18(2)26-23-12-8-7-11-22(23)25(28)30/h4-17H,1-3H3/t17-/m1/s1. The lowest BCUT2D eigenvalue weighted by Gasteiger charge is -2.25. The maximum atomic E-state index is 13.0. The van der Waals surface area contributed by atoms with Gasteiger partial charge in [0.1, 0.15) is 5.82 Å². The molecule has 0 bridgehead atoms. The van der Waals surface area contributed by atoms with Gasteiger partial charge in [0.2, 0.25) is 0 Å². The van der Waals surface area contributed by atoms with E-state index in [9.17, 15) is 9.59 Å². The summed E-state index contributed by atoms with van der Waals surface area (Å²) in [5.74, 6) is 0.534. The Morgan fingerprint density at radius 3 is 2.27 bits per heavy atom. The first-order chi connectivity index (χ1) is 14.5. The number of aromatic nitrogens is 2. The highest BCUT2D eigenvalue weighted by Gasteiger charge is 2.19. The maximum Gasteiger partial charge on any atom is 0.265 e. The summed E-state index contributed by atoms with van der Waals surface area (Å²) in [6.07, 6.45) is 0. The first-order valence-corrected chi connectivity index (χ1v) is 9.88. The summed E-state index contributed by atoms with van der Waals surface area (Å²) in [7, 11) is 1.80. The molecule has 5 heteroatoms. The van der Waals surface area contributed by atoms with Crippen molar-refractivity contribution in [3.8, 4) is 5.69 Å². The van der Waals surface area contributed by atoms with Gasteiger partial charge in [0, 0.05) is 12.6 Å². The predicted molar refractivity (Wildman–Crippen MR) is 119 cm³/mol. The van der Waals surface area contributed by atoms with Gasteiger partial charge < -0.3 is 4.90 Å². The summed E-state index contributed by atoms with van der Waals surface area (Å²) in [6, 6.07) is 24.3.